The van der Waals surface area contributed by atoms with Crippen molar-refractivity contribution < 1.29 is 18.7 Å². The second-order valence-corrected chi connectivity index (χ2v) is 6.76. The smallest absolute Gasteiger partial charge is 0.223 e. The van der Waals surface area contributed by atoms with E-state index >= 15 is 0 Å². The van der Waals surface area contributed by atoms with Crippen LogP contribution >= 0.6 is 0 Å². The minimum atomic E-state index is -0.304. The molecule has 1 aromatic rings. The summed E-state index contributed by atoms with van der Waals surface area (Å²) in [6, 6.07) is 3.84. The van der Waals surface area contributed by atoms with E-state index in [1.807, 2.05) is 12.1 Å². The van der Waals surface area contributed by atoms with Crippen molar-refractivity contribution in [2.75, 3.05) is 19.8 Å². The Morgan fingerprint density at radius 3 is 2.73 bits per heavy atom. The van der Waals surface area contributed by atoms with Gasteiger partial charge >= 0.3 is 0 Å². The average Bonchev–Trinajstić information content (AvgIpc) is 2.96. The molecule has 2 saturated carbocycles. The fourth-order valence-corrected chi connectivity index (χ4v) is 3.78. The van der Waals surface area contributed by atoms with Crippen molar-refractivity contribution in [3.05, 3.63) is 24.2 Å². The van der Waals surface area contributed by atoms with E-state index in [9.17, 15) is 4.79 Å². The molecule has 0 bridgehead atoms. The van der Waals surface area contributed by atoms with E-state index in [0.717, 1.165) is 57.6 Å². The SMILES string of the molecule is O=C(NCC1CCC2(CC1)OCCO2)[C@@H]1C[C@H]1c1ccco1. The molecule has 3 fully saturated rings. The highest BCUT2D eigenvalue weighted by molar-refractivity contribution is 5.82. The maximum atomic E-state index is 12.2. The van der Waals surface area contributed by atoms with Gasteiger partial charge < -0.3 is 19.2 Å². The maximum Gasteiger partial charge on any atom is 0.223 e. The molecule has 1 spiro atoms. The topological polar surface area (TPSA) is 60.7 Å². The van der Waals surface area contributed by atoms with E-state index in [2.05, 4.69) is 5.32 Å². The minimum absolute atomic E-state index is 0.0996. The van der Waals surface area contributed by atoms with E-state index < -0.39 is 0 Å². The summed E-state index contributed by atoms with van der Waals surface area (Å²) in [4.78, 5) is 12.2. The minimum Gasteiger partial charge on any atom is -0.469 e. The van der Waals surface area contributed by atoms with Crippen LogP contribution in [0, 0.1) is 11.8 Å². The van der Waals surface area contributed by atoms with Crippen LogP contribution in [0.1, 0.15) is 43.8 Å². The molecule has 5 nitrogen and oxygen atoms in total. The summed E-state index contributed by atoms with van der Waals surface area (Å²) in [6.45, 7) is 2.21. The summed E-state index contributed by atoms with van der Waals surface area (Å²) in [5, 5.41) is 3.12. The van der Waals surface area contributed by atoms with Crippen LogP contribution in [0.3, 0.4) is 0 Å². The zero-order chi connectivity index (χ0) is 15.0. The lowest BCUT2D eigenvalue weighted by atomic mass is 9.85. The molecule has 1 aliphatic heterocycles. The van der Waals surface area contributed by atoms with Gasteiger partial charge in [-0.2, -0.15) is 0 Å². The van der Waals surface area contributed by atoms with Crippen LogP contribution in [0.25, 0.3) is 0 Å². The molecule has 1 saturated heterocycles. The Morgan fingerprint density at radius 1 is 1.27 bits per heavy atom. The lowest BCUT2D eigenvalue weighted by molar-refractivity contribution is -0.182. The molecule has 1 amide bonds. The van der Waals surface area contributed by atoms with Crippen molar-refractivity contribution in [2.24, 2.45) is 11.8 Å². The van der Waals surface area contributed by atoms with Gasteiger partial charge in [-0.25, -0.2) is 0 Å². The summed E-state index contributed by atoms with van der Waals surface area (Å²) in [5.74, 6) is 1.74. The van der Waals surface area contributed by atoms with Gasteiger partial charge in [0, 0.05) is 31.2 Å². The van der Waals surface area contributed by atoms with Crippen LogP contribution in [0.4, 0.5) is 0 Å². The number of amides is 1. The Kier molecular flexibility index (Phi) is 3.70. The first-order chi connectivity index (χ1) is 10.8. The van der Waals surface area contributed by atoms with Crippen LogP contribution in [0.2, 0.25) is 0 Å². The summed E-state index contributed by atoms with van der Waals surface area (Å²) in [5.41, 5.74) is 0. The lowest BCUT2D eigenvalue weighted by Crippen LogP contribution is -2.39. The molecule has 2 aliphatic carbocycles. The highest BCUT2D eigenvalue weighted by Gasteiger charge is 2.46. The van der Waals surface area contributed by atoms with Crippen LogP contribution in [-0.2, 0) is 14.3 Å². The second kappa shape index (κ2) is 5.70. The first kappa shape index (κ1) is 14.3. The summed E-state index contributed by atoms with van der Waals surface area (Å²) in [7, 11) is 0. The molecule has 1 N–H and O–H groups in total. The molecule has 22 heavy (non-hydrogen) atoms. The molecule has 0 unspecified atom stereocenters. The Balaban J connectivity index is 1.20. The predicted octanol–water partition coefficient (Wildman–Crippen LogP) is 2.43. The van der Waals surface area contributed by atoms with E-state index in [-0.39, 0.29) is 23.5 Å². The fraction of sp³-hybridized carbons (Fsp3) is 0.706. The van der Waals surface area contributed by atoms with Crippen LogP contribution in [-0.4, -0.2) is 31.5 Å². The standard InChI is InChI=1S/C17H23NO4/c19-16(14-10-13(14)15-2-1-7-20-15)18-11-12-3-5-17(6-4-12)21-8-9-22-17/h1-2,7,12-14H,3-6,8-11H2,(H,18,19)/t13-,14-/m1/s1. The highest BCUT2D eigenvalue weighted by atomic mass is 16.7. The number of rotatable bonds is 4. The first-order valence-corrected chi connectivity index (χ1v) is 8.35. The van der Waals surface area contributed by atoms with E-state index in [4.69, 9.17) is 13.9 Å². The van der Waals surface area contributed by atoms with E-state index in [0.29, 0.717) is 5.92 Å². The molecule has 0 aromatic carbocycles. The third-order valence-corrected chi connectivity index (χ3v) is 5.28. The largest absolute Gasteiger partial charge is 0.469 e. The Hall–Kier alpha value is -1.33. The van der Waals surface area contributed by atoms with Gasteiger partial charge in [0.1, 0.15) is 5.76 Å². The normalized spacial score (nSPS) is 30.5. The van der Waals surface area contributed by atoms with Gasteiger partial charge in [-0.05, 0) is 37.3 Å². The fourth-order valence-electron chi connectivity index (χ4n) is 3.78. The lowest BCUT2D eigenvalue weighted by Gasteiger charge is -2.35. The molecule has 2 heterocycles. The third-order valence-electron chi connectivity index (χ3n) is 5.28. The number of furan rings is 1. The van der Waals surface area contributed by atoms with Gasteiger partial charge in [0.05, 0.1) is 19.5 Å². The Morgan fingerprint density at radius 2 is 2.05 bits per heavy atom. The number of nitrogens with one attached hydrogen (secondary N) is 1. The monoisotopic (exact) mass is 305 g/mol. The summed E-state index contributed by atoms with van der Waals surface area (Å²) in [6.07, 6.45) is 6.61. The first-order valence-electron chi connectivity index (χ1n) is 8.35. The van der Waals surface area contributed by atoms with E-state index in [1.54, 1.807) is 6.26 Å². The van der Waals surface area contributed by atoms with E-state index in [1.165, 1.54) is 0 Å². The molecule has 5 heteroatoms. The molecule has 1 aromatic heterocycles. The van der Waals surface area contributed by atoms with Crippen molar-refractivity contribution in [1.29, 1.82) is 0 Å². The van der Waals surface area contributed by atoms with Gasteiger partial charge in [-0.3, -0.25) is 4.79 Å². The van der Waals surface area contributed by atoms with Crippen molar-refractivity contribution in [1.82, 2.24) is 5.32 Å². The van der Waals surface area contributed by atoms with Crippen LogP contribution in [0.15, 0.2) is 22.8 Å². The molecule has 120 valence electrons. The third kappa shape index (κ3) is 2.79. The van der Waals surface area contributed by atoms with Gasteiger partial charge in [-0.15, -0.1) is 0 Å². The molecular formula is C17H23NO4. The quantitative estimate of drug-likeness (QED) is 0.928. The molecule has 4 rings (SSSR count). The molecule has 0 radical (unpaired) electrons. The molecule has 3 aliphatic rings. The van der Waals surface area contributed by atoms with Crippen molar-refractivity contribution >= 4 is 5.91 Å². The molecular weight excluding hydrogens is 282 g/mol. The number of hydrogen-bond acceptors (Lipinski definition) is 4. The Labute approximate surface area is 130 Å². The average molecular weight is 305 g/mol. The summed E-state index contributed by atoms with van der Waals surface area (Å²) >= 11 is 0. The van der Waals surface area contributed by atoms with Crippen LogP contribution in [0.5, 0.6) is 0 Å². The van der Waals surface area contributed by atoms with Gasteiger partial charge in [0.25, 0.3) is 0 Å². The van der Waals surface area contributed by atoms with Gasteiger partial charge in [-0.1, -0.05) is 0 Å². The van der Waals surface area contributed by atoms with Crippen LogP contribution < -0.4 is 5.32 Å². The number of ether oxygens (including phenoxy) is 2. The van der Waals surface area contributed by atoms with Crippen molar-refractivity contribution in [3.8, 4) is 0 Å². The van der Waals surface area contributed by atoms with Crippen molar-refractivity contribution in [2.45, 2.75) is 43.8 Å². The van der Waals surface area contributed by atoms with Crippen molar-refractivity contribution in [3.63, 3.8) is 0 Å². The number of carbonyl (C=O) groups excluding carboxylic acids is 1. The Bertz CT molecular complexity index is 511. The maximum absolute atomic E-state index is 12.2. The highest BCUT2D eigenvalue weighted by Crippen LogP contribution is 2.47. The molecule has 2 atom stereocenters. The zero-order valence-corrected chi connectivity index (χ0v) is 12.8. The number of carbonyl (C=O) groups is 1. The second-order valence-electron chi connectivity index (χ2n) is 6.76. The van der Waals surface area contributed by atoms with Gasteiger partial charge in [0.2, 0.25) is 5.91 Å². The van der Waals surface area contributed by atoms with Gasteiger partial charge in [0.15, 0.2) is 5.79 Å². The summed E-state index contributed by atoms with van der Waals surface area (Å²) < 4.78 is 16.9. The predicted molar refractivity (Wildman–Crippen MR) is 79.2 cm³/mol. The number of hydrogen-bond donors (Lipinski definition) is 1. The zero-order valence-electron chi connectivity index (χ0n) is 12.8.